The van der Waals surface area contributed by atoms with Crippen molar-refractivity contribution in [2.24, 2.45) is 23.2 Å². The third kappa shape index (κ3) is 3.52. The molecule has 2 heterocycles. The zero-order valence-electron chi connectivity index (χ0n) is 18.1. The van der Waals surface area contributed by atoms with Gasteiger partial charge in [-0.2, -0.15) is 4.31 Å². The molecule has 0 amide bonds. The molecule has 0 saturated heterocycles. The van der Waals surface area contributed by atoms with Crippen molar-refractivity contribution >= 4 is 15.8 Å². The van der Waals surface area contributed by atoms with Crippen LogP contribution in [-0.4, -0.2) is 35.8 Å². The highest BCUT2D eigenvalue weighted by molar-refractivity contribution is 7.89. The number of nitrogens with zero attached hydrogens (tertiary/aromatic N) is 3. The first kappa shape index (κ1) is 20.5. The molecule has 0 atom stereocenters. The van der Waals surface area contributed by atoms with E-state index in [4.69, 9.17) is 0 Å². The van der Waals surface area contributed by atoms with Crippen LogP contribution in [0.25, 0.3) is 0 Å². The topological polar surface area (TPSA) is 75.2 Å². The minimum atomic E-state index is -3.69. The van der Waals surface area contributed by atoms with Crippen molar-refractivity contribution in [2.45, 2.75) is 56.4 Å². The monoisotopic (exact) mass is 456 g/mol. The van der Waals surface area contributed by atoms with Crippen LogP contribution in [0.3, 0.4) is 0 Å². The van der Waals surface area contributed by atoms with E-state index < -0.39 is 15.8 Å². The molecule has 4 aliphatic carbocycles. The normalized spacial score (nSPS) is 31.5. The Labute approximate surface area is 188 Å². The van der Waals surface area contributed by atoms with Crippen molar-refractivity contribution in [3.8, 4) is 0 Å². The maximum Gasteiger partial charge on any atom is 0.243 e. The predicted octanol–water partition coefficient (Wildman–Crippen LogP) is 3.99. The van der Waals surface area contributed by atoms with E-state index >= 15 is 0 Å². The van der Waals surface area contributed by atoms with Crippen molar-refractivity contribution in [3.63, 3.8) is 0 Å². The summed E-state index contributed by atoms with van der Waals surface area (Å²) in [5.41, 5.74) is 2.19. The van der Waals surface area contributed by atoms with Gasteiger partial charge >= 0.3 is 0 Å². The fourth-order valence-corrected chi connectivity index (χ4v) is 8.62. The molecule has 6 nitrogen and oxygen atoms in total. The number of hydrogen-bond donors (Lipinski definition) is 1. The Morgan fingerprint density at radius 2 is 1.69 bits per heavy atom. The van der Waals surface area contributed by atoms with E-state index in [0.29, 0.717) is 18.4 Å². The van der Waals surface area contributed by atoms with Gasteiger partial charge in [0, 0.05) is 18.7 Å². The fourth-order valence-electron chi connectivity index (χ4n) is 7.22. The van der Waals surface area contributed by atoms with Crippen LogP contribution in [0, 0.1) is 29.0 Å². The van der Waals surface area contributed by atoms with Crippen LogP contribution in [-0.2, 0) is 23.0 Å². The molecular formula is C24H29FN4O2S. The molecule has 4 bridgehead atoms. The summed E-state index contributed by atoms with van der Waals surface area (Å²) in [6.07, 6.45) is 10.4. The molecule has 4 fully saturated rings. The molecule has 5 aliphatic rings. The van der Waals surface area contributed by atoms with Crippen LogP contribution < -0.4 is 5.32 Å². The van der Waals surface area contributed by atoms with E-state index in [9.17, 15) is 12.8 Å². The fraction of sp³-hybridized carbons (Fsp3) is 0.583. The van der Waals surface area contributed by atoms with E-state index in [1.807, 2.05) is 0 Å². The number of hydrogen-bond acceptors (Lipinski definition) is 5. The number of anilines is 1. The summed E-state index contributed by atoms with van der Waals surface area (Å²) >= 11 is 0. The van der Waals surface area contributed by atoms with Gasteiger partial charge in [0.15, 0.2) is 0 Å². The lowest BCUT2D eigenvalue weighted by Gasteiger charge is -2.57. The Bertz CT molecular complexity index is 1100. The minimum Gasteiger partial charge on any atom is -0.369 e. The van der Waals surface area contributed by atoms with Gasteiger partial charge in [-0.1, -0.05) is 0 Å². The van der Waals surface area contributed by atoms with Crippen LogP contribution in [0.15, 0.2) is 35.5 Å². The predicted molar refractivity (Wildman–Crippen MR) is 119 cm³/mol. The first-order valence-corrected chi connectivity index (χ1v) is 13.2. The van der Waals surface area contributed by atoms with Crippen molar-refractivity contribution < 1.29 is 12.8 Å². The average molecular weight is 457 g/mol. The highest BCUT2D eigenvalue weighted by Crippen LogP contribution is 2.59. The maximum absolute atomic E-state index is 13.2. The summed E-state index contributed by atoms with van der Waals surface area (Å²) in [5.74, 6) is 3.15. The lowest BCUT2D eigenvalue weighted by molar-refractivity contribution is -0.0444. The molecule has 7 rings (SSSR count). The van der Waals surface area contributed by atoms with Gasteiger partial charge in [0.1, 0.15) is 18.0 Å². The van der Waals surface area contributed by atoms with Crippen LogP contribution in [0.4, 0.5) is 10.2 Å². The largest absolute Gasteiger partial charge is 0.369 e. The highest BCUT2D eigenvalue weighted by atomic mass is 32.2. The second-order valence-corrected chi connectivity index (χ2v) is 12.4. The number of benzene rings is 1. The molecule has 2 aromatic rings. The molecular weight excluding hydrogens is 427 g/mol. The molecule has 4 saturated carbocycles. The number of aromatic nitrogens is 2. The number of halogens is 1. The van der Waals surface area contributed by atoms with Gasteiger partial charge in [-0.3, -0.25) is 0 Å². The lowest BCUT2D eigenvalue weighted by atomic mass is 9.49. The molecule has 0 radical (unpaired) electrons. The van der Waals surface area contributed by atoms with Gasteiger partial charge in [0.05, 0.1) is 17.1 Å². The molecule has 1 aliphatic heterocycles. The number of fused-ring (bicyclic) bond motifs is 1. The van der Waals surface area contributed by atoms with Crippen LogP contribution in [0.2, 0.25) is 0 Å². The van der Waals surface area contributed by atoms with Crippen LogP contribution in [0.1, 0.15) is 49.8 Å². The van der Waals surface area contributed by atoms with E-state index in [-0.39, 0.29) is 11.4 Å². The van der Waals surface area contributed by atoms with Gasteiger partial charge in [0.25, 0.3) is 0 Å². The standard InChI is InChI=1S/C24H29FN4O2S/c25-19-1-3-20(4-2-19)32(30,31)29-6-5-21-22(13-29)27-15-28-23(21)26-14-24-10-16-7-17(11-24)9-18(8-16)12-24/h1-4,15-18H,5-14H2,(H,26,27,28). The molecule has 1 aromatic carbocycles. The van der Waals surface area contributed by atoms with Gasteiger partial charge in [-0.25, -0.2) is 22.8 Å². The molecule has 0 spiro atoms. The Morgan fingerprint density at radius 3 is 2.34 bits per heavy atom. The summed E-state index contributed by atoms with van der Waals surface area (Å²) in [6, 6.07) is 5.00. The first-order chi connectivity index (χ1) is 15.4. The summed E-state index contributed by atoms with van der Waals surface area (Å²) in [4.78, 5) is 9.05. The summed E-state index contributed by atoms with van der Waals surface area (Å²) in [7, 11) is -3.69. The van der Waals surface area contributed by atoms with Gasteiger partial charge in [-0.15, -0.1) is 0 Å². The van der Waals surface area contributed by atoms with Crippen molar-refractivity contribution in [1.82, 2.24) is 14.3 Å². The number of sulfonamides is 1. The Hall–Kier alpha value is -2.06. The minimum absolute atomic E-state index is 0.108. The zero-order valence-corrected chi connectivity index (χ0v) is 19.0. The molecule has 0 unspecified atom stereocenters. The SMILES string of the molecule is O=S(=O)(c1ccc(F)cc1)N1CCc2c(ncnc2NCC23CC4CC(CC(C4)C2)C3)C1. The van der Waals surface area contributed by atoms with Crippen molar-refractivity contribution in [2.75, 3.05) is 18.4 Å². The van der Waals surface area contributed by atoms with Gasteiger partial charge < -0.3 is 5.32 Å². The third-order valence-corrected chi connectivity index (χ3v) is 10.1. The second-order valence-electron chi connectivity index (χ2n) is 10.5. The average Bonchev–Trinajstić information content (AvgIpc) is 2.77. The molecule has 170 valence electrons. The van der Waals surface area contributed by atoms with Crippen LogP contribution in [0.5, 0.6) is 0 Å². The third-order valence-electron chi connectivity index (χ3n) is 8.22. The molecule has 8 heteroatoms. The lowest BCUT2D eigenvalue weighted by Crippen LogP contribution is -2.49. The Kier molecular flexibility index (Phi) is 4.80. The quantitative estimate of drug-likeness (QED) is 0.736. The highest BCUT2D eigenvalue weighted by Gasteiger charge is 2.50. The Morgan fingerprint density at radius 1 is 1.03 bits per heavy atom. The summed E-state index contributed by atoms with van der Waals surface area (Å²) in [6.45, 7) is 1.54. The smallest absolute Gasteiger partial charge is 0.243 e. The van der Waals surface area contributed by atoms with E-state index in [0.717, 1.165) is 41.4 Å². The van der Waals surface area contributed by atoms with E-state index in [1.165, 1.54) is 73.4 Å². The summed E-state index contributed by atoms with van der Waals surface area (Å²) < 4.78 is 40.7. The second kappa shape index (κ2) is 7.48. The van der Waals surface area contributed by atoms with E-state index in [2.05, 4.69) is 15.3 Å². The van der Waals surface area contributed by atoms with Crippen molar-refractivity contribution in [1.29, 1.82) is 0 Å². The number of nitrogens with one attached hydrogen (secondary N) is 1. The van der Waals surface area contributed by atoms with Crippen molar-refractivity contribution in [3.05, 3.63) is 47.7 Å². The Balaban J connectivity index is 1.19. The number of rotatable bonds is 5. The summed E-state index contributed by atoms with van der Waals surface area (Å²) in [5, 5.41) is 3.66. The first-order valence-electron chi connectivity index (χ1n) is 11.7. The van der Waals surface area contributed by atoms with Gasteiger partial charge in [-0.05, 0) is 92.4 Å². The maximum atomic E-state index is 13.2. The molecule has 32 heavy (non-hydrogen) atoms. The van der Waals surface area contributed by atoms with Gasteiger partial charge in [0.2, 0.25) is 10.0 Å². The molecule has 1 N–H and O–H groups in total. The zero-order chi connectivity index (χ0) is 21.9. The molecule has 1 aromatic heterocycles. The van der Waals surface area contributed by atoms with Crippen LogP contribution >= 0.6 is 0 Å². The van der Waals surface area contributed by atoms with E-state index in [1.54, 1.807) is 0 Å².